The number of aryl methyl sites for hydroxylation is 1. The lowest BCUT2D eigenvalue weighted by atomic mass is 10.3. The van der Waals surface area contributed by atoms with E-state index in [-0.39, 0.29) is 0 Å². The summed E-state index contributed by atoms with van der Waals surface area (Å²) >= 11 is 1.76. The number of thiazole rings is 1. The van der Waals surface area contributed by atoms with Gasteiger partial charge in [-0.1, -0.05) is 6.92 Å². The highest BCUT2D eigenvalue weighted by Gasteiger charge is 2.11. The second-order valence-corrected chi connectivity index (χ2v) is 4.73. The second kappa shape index (κ2) is 6.83. The van der Waals surface area contributed by atoms with Crippen LogP contribution in [0, 0.1) is 0 Å². The largest absolute Gasteiger partial charge is 0.383 e. The lowest BCUT2D eigenvalue weighted by Crippen LogP contribution is -2.21. The van der Waals surface area contributed by atoms with Gasteiger partial charge in [0.2, 0.25) is 0 Å². The van der Waals surface area contributed by atoms with Crippen LogP contribution in [0.4, 0.5) is 5.13 Å². The molecule has 92 valence electrons. The van der Waals surface area contributed by atoms with Crippen LogP contribution in [0.25, 0.3) is 0 Å². The molecule has 0 radical (unpaired) electrons. The zero-order valence-electron chi connectivity index (χ0n) is 10.5. The van der Waals surface area contributed by atoms with Gasteiger partial charge in [0.1, 0.15) is 0 Å². The molecule has 1 N–H and O–H groups in total. The summed E-state index contributed by atoms with van der Waals surface area (Å²) in [6.45, 7) is 4.66. The predicted octanol–water partition coefficient (Wildman–Crippen LogP) is 1.51. The van der Waals surface area contributed by atoms with Crippen molar-refractivity contribution in [2.75, 3.05) is 39.3 Å². The Labute approximate surface area is 102 Å². The van der Waals surface area contributed by atoms with Gasteiger partial charge in [-0.25, -0.2) is 4.98 Å². The Morgan fingerprint density at radius 1 is 1.50 bits per heavy atom. The molecule has 0 saturated heterocycles. The summed E-state index contributed by atoms with van der Waals surface area (Å²) in [4.78, 5) is 8.13. The molecule has 1 rings (SSSR count). The fraction of sp³-hybridized carbons (Fsp3) is 0.727. The van der Waals surface area contributed by atoms with Crippen molar-refractivity contribution < 1.29 is 4.74 Å². The maximum absolute atomic E-state index is 5.07. The molecule has 0 atom stereocenters. The molecular weight excluding hydrogens is 222 g/mol. The van der Waals surface area contributed by atoms with Crippen molar-refractivity contribution in [3.8, 4) is 0 Å². The summed E-state index contributed by atoms with van der Waals surface area (Å²) < 4.78 is 5.07. The van der Waals surface area contributed by atoms with Crippen LogP contribution in [-0.2, 0) is 17.7 Å². The number of methoxy groups -OCH3 is 1. The molecule has 0 aliphatic heterocycles. The lowest BCUT2D eigenvalue weighted by Gasteiger charge is -2.14. The highest BCUT2D eigenvalue weighted by molar-refractivity contribution is 7.15. The number of likely N-dealkylation sites (N-methyl/N-ethyl adjacent to an activating group) is 1. The Morgan fingerprint density at radius 3 is 2.81 bits per heavy atom. The van der Waals surface area contributed by atoms with Gasteiger partial charge in [0, 0.05) is 32.1 Å². The van der Waals surface area contributed by atoms with Gasteiger partial charge in [0.25, 0.3) is 0 Å². The summed E-state index contributed by atoms with van der Waals surface area (Å²) in [5.74, 6) is 0. The quantitative estimate of drug-likeness (QED) is 0.787. The summed E-state index contributed by atoms with van der Waals surface area (Å²) in [6, 6.07) is 0. The molecule has 1 heterocycles. The number of nitrogens with one attached hydrogen (secondary N) is 1. The third-order valence-corrected chi connectivity index (χ3v) is 3.61. The Bertz CT molecular complexity index is 314. The van der Waals surface area contributed by atoms with E-state index in [4.69, 9.17) is 4.74 Å². The molecule has 1 aromatic rings. The average molecular weight is 243 g/mol. The van der Waals surface area contributed by atoms with E-state index in [9.17, 15) is 0 Å². The van der Waals surface area contributed by atoms with Crippen LogP contribution in [0.2, 0.25) is 0 Å². The molecule has 0 aliphatic rings. The van der Waals surface area contributed by atoms with Crippen molar-refractivity contribution in [2.45, 2.75) is 19.9 Å². The molecule has 1 aromatic heterocycles. The minimum absolute atomic E-state index is 0.735. The van der Waals surface area contributed by atoms with Crippen LogP contribution in [0.1, 0.15) is 17.5 Å². The van der Waals surface area contributed by atoms with E-state index in [2.05, 4.69) is 29.2 Å². The topological polar surface area (TPSA) is 37.4 Å². The molecule has 0 saturated carbocycles. The van der Waals surface area contributed by atoms with E-state index in [1.165, 1.54) is 10.6 Å². The van der Waals surface area contributed by atoms with Gasteiger partial charge in [-0.3, -0.25) is 0 Å². The second-order valence-electron chi connectivity index (χ2n) is 3.66. The van der Waals surface area contributed by atoms with Crippen LogP contribution < -0.4 is 10.2 Å². The first-order valence-electron chi connectivity index (χ1n) is 5.56. The zero-order valence-corrected chi connectivity index (χ0v) is 11.4. The summed E-state index contributed by atoms with van der Waals surface area (Å²) in [5, 5.41) is 4.26. The monoisotopic (exact) mass is 243 g/mol. The van der Waals surface area contributed by atoms with Crippen molar-refractivity contribution in [1.82, 2.24) is 10.3 Å². The van der Waals surface area contributed by atoms with Crippen LogP contribution in [-0.4, -0.2) is 39.3 Å². The van der Waals surface area contributed by atoms with Gasteiger partial charge in [0.05, 0.1) is 12.3 Å². The standard InChI is InChI=1S/C11H21N3OS/c1-5-9-10(8-12-2)16-11(13-9)14(3)6-7-15-4/h12H,5-8H2,1-4H3. The first-order valence-corrected chi connectivity index (χ1v) is 6.37. The van der Waals surface area contributed by atoms with E-state index < -0.39 is 0 Å². The summed E-state index contributed by atoms with van der Waals surface area (Å²) in [7, 11) is 5.74. The number of anilines is 1. The van der Waals surface area contributed by atoms with Gasteiger partial charge in [-0.2, -0.15) is 0 Å². The van der Waals surface area contributed by atoms with E-state index in [1.54, 1.807) is 18.4 Å². The van der Waals surface area contributed by atoms with Crippen LogP contribution >= 0.6 is 11.3 Å². The molecule has 0 amide bonds. The van der Waals surface area contributed by atoms with Crippen LogP contribution in [0.5, 0.6) is 0 Å². The third-order valence-electron chi connectivity index (χ3n) is 2.40. The summed E-state index contributed by atoms with van der Waals surface area (Å²) in [5.41, 5.74) is 1.21. The molecule has 0 fully saturated rings. The summed E-state index contributed by atoms with van der Waals surface area (Å²) in [6.07, 6.45) is 0.992. The fourth-order valence-electron chi connectivity index (χ4n) is 1.43. The number of aromatic nitrogens is 1. The highest BCUT2D eigenvalue weighted by atomic mass is 32.1. The molecule has 0 unspecified atom stereocenters. The molecule has 16 heavy (non-hydrogen) atoms. The SMILES string of the molecule is CCc1nc(N(C)CCOC)sc1CNC. The van der Waals surface area contributed by atoms with Crippen molar-refractivity contribution in [2.24, 2.45) is 0 Å². The average Bonchev–Trinajstić information content (AvgIpc) is 2.69. The molecule has 0 spiro atoms. The van der Waals surface area contributed by atoms with Gasteiger partial charge in [-0.05, 0) is 13.5 Å². The number of rotatable bonds is 7. The highest BCUT2D eigenvalue weighted by Crippen LogP contribution is 2.25. The van der Waals surface area contributed by atoms with Crippen molar-refractivity contribution >= 4 is 16.5 Å². The molecule has 5 heteroatoms. The van der Waals surface area contributed by atoms with Gasteiger partial charge in [0.15, 0.2) is 5.13 Å². The number of hydrogen-bond acceptors (Lipinski definition) is 5. The van der Waals surface area contributed by atoms with Gasteiger partial charge in [-0.15, -0.1) is 11.3 Å². The smallest absolute Gasteiger partial charge is 0.185 e. The van der Waals surface area contributed by atoms with Gasteiger partial charge >= 0.3 is 0 Å². The van der Waals surface area contributed by atoms with Crippen LogP contribution in [0.15, 0.2) is 0 Å². The Hall–Kier alpha value is -0.650. The maximum atomic E-state index is 5.07. The number of ether oxygens (including phenoxy) is 1. The third kappa shape index (κ3) is 3.43. The fourth-order valence-corrected chi connectivity index (χ4v) is 2.58. The Kier molecular flexibility index (Phi) is 5.73. The Morgan fingerprint density at radius 2 is 2.25 bits per heavy atom. The first-order chi connectivity index (χ1) is 7.72. The van der Waals surface area contributed by atoms with Crippen LogP contribution in [0.3, 0.4) is 0 Å². The molecule has 0 bridgehead atoms. The Balaban J connectivity index is 2.72. The predicted molar refractivity (Wildman–Crippen MR) is 69.4 cm³/mol. The molecule has 0 aromatic carbocycles. The molecule has 0 aliphatic carbocycles. The van der Waals surface area contributed by atoms with E-state index in [0.717, 1.165) is 31.2 Å². The van der Waals surface area contributed by atoms with Crippen molar-refractivity contribution in [1.29, 1.82) is 0 Å². The van der Waals surface area contributed by atoms with E-state index in [1.807, 2.05) is 7.05 Å². The van der Waals surface area contributed by atoms with Crippen molar-refractivity contribution in [3.05, 3.63) is 10.6 Å². The first kappa shape index (κ1) is 13.4. The number of nitrogens with zero attached hydrogens (tertiary/aromatic N) is 2. The normalized spacial score (nSPS) is 10.8. The van der Waals surface area contributed by atoms with E-state index in [0.29, 0.717) is 0 Å². The van der Waals surface area contributed by atoms with Gasteiger partial charge < -0.3 is 15.0 Å². The number of hydrogen-bond donors (Lipinski definition) is 1. The molecular formula is C11H21N3OS. The van der Waals surface area contributed by atoms with E-state index >= 15 is 0 Å². The minimum atomic E-state index is 0.735. The lowest BCUT2D eigenvalue weighted by molar-refractivity contribution is 0.206. The minimum Gasteiger partial charge on any atom is -0.383 e. The molecule has 4 nitrogen and oxygen atoms in total. The van der Waals surface area contributed by atoms with Crippen molar-refractivity contribution in [3.63, 3.8) is 0 Å². The maximum Gasteiger partial charge on any atom is 0.185 e. The zero-order chi connectivity index (χ0) is 12.0.